The molecule has 1 N–H and O–H groups in total. The van der Waals surface area contributed by atoms with Crippen LogP contribution in [0.2, 0.25) is 0 Å². The van der Waals surface area contributed by atoms with Crippen molar-refractivity contribution in [3.05, 3.63) is 53.9 Å². The number of pyridine rings is 1. The summed E-state index contributed by atoms with van der Waals surface area (Å²) in [6.45, 7) is 4.88. The molecule has 1 aromatic heterocycles. The van der Waals surface area contributed by atoms with Crippen LogP contribution in [0.1, 0.15) is 42.6 Å². The van der Waals surface area contributed by atoms with Gasteiger partial charge in [-0.1, -0.05) is 6.07 Å². The Morgan fingerprint density at radius 3 is 2.80 bits per heavy atom. The molecule has 1 heterocycles. The zero-order valence-electron chi connectivity index (χ0n) is 14.7. The fourth-order valence-corrected chi connectivity index (χ4v) is 2.69. The van der Waals surface area contributed by atoms with Gasteiger partial charge in [0.15, 0.2) is 11.5 Å². The normalized spacial score (nSPS) is 14.6. The average molecular weight is 340 g/mol. The molecule has 0 aliphatic heterocycles. The number of amides is 1. The van der Waals surface area contributed by atoms with Crippen LogP contribution in [0.5, 0.6) is 11.5 Å². The Morgan fingerprint density at radius 1 is 1.28 bits per heavy atom. The highest BCUT2D eigenvalue weighted by atomic mass is 16.5. The highest BCUT2D eigenvalue weighted by Crippen LogP contribution is 2.33. The van der Waals surface area contributed by atoms with Crippen molar-refractivity contribution in [2.24, 2.45) is 5.92 Å². The van der Waals surface area contributed by atoms with E-state index in [0.717, 1.165) is 5.56 Å². The maximum absolute atomic E-state index is 12.4. The molecule has 1 fully saturated rings. The van der Waals surface area contributed by atoms with Gasteiger partial charge in [-0.15, -0.1) is 0 Å². The van der Waals surface area contributed by atoms with E-state index in [0.29, 0.717) is 36.2 Å². The summed E-state index contributed by atoms with van der Waals surface area (Å²) in [7, 11) is 0. The van der Waals surface area contributed by atoms with Crippen molar-refractivity contribution in [2.45, 2.75) is 39.3 Å². The number of nitrogens with zero attached hydrogens (tertiary/aromatic N) is 1. The maximum atomic E-state index is 12.4. The summed E-state index contributed by atoms with van der Waals surface area (Å²) in [6.07, 6.45) is 5.89. The van der Waals surface area contributed by atoms with Crippen LogP contribution in [-0.2, 0) is 6.61 Å². The number of nitrogens with one attached hydrogen (secondary N) is 1. The van der Waals surface area contributed by atoms with E-state index in [1.807, 2.05) is 19.1 Å². The first kappa shape index (κ1) is 17.3. The third-order valence-corrected chi connectivity index (χ3v) is 4.31. The third-order valence-electron chi connectivity index (χ3n) is 4.31. The summed E-state index contributed by atoms with van der Waals surface area (Å²) in [5.41, 5.74) is 1.56. The molecule has 132 valence electrons. The number of rotatable bonds is 8. The van der Waals surface area contributed by atoms with Gasteiger partial charge in [-0.3, -0.25) is 9.78 Å². The minimum atomic E-state index is -0.0702. The predicted molar refractivity (Wildman–Crippen MR) is 95.8 cm³/mol. The molecule has 25 heavy (non-hydrogen) atoms. The molecule has 0 saturated heterocycles. The molecular weight excluding hydrogens is 316 g/mol. The molecule has 1 atom stereocenters. The van der Waals surface area contributed by atoms with Gasteiger partial charge < -0.3 is 14.8 Å². The van der Waals surface area contributed by atoms with Crippen molar-refractivity contribution >= 4 is 5.91 Å². The summed E-state index contributed by atoms with van der Waals surface area (Å²) in [5.74, 6) is 1.76. The fraction of sp³-hybridized carbons (Fsp3) is 0.400. The molecule has 2 aromatic rings. The zero-order chi connectivity index (χ0) is 17.6. The first-order valence-electron chi connectivity index (χ1n) is 8.76. The number of aromatic nitrogens is 1. The Labute approximate surface area is 148 Å². The quantitative estimate of drug-likeness (QED) is 0.798. The number of benzene rings is 1. The highest BCUT2D eigenvalue weighted by Gasteiger charge is 2.29. The molecule has 1 amide bonds. The number of ether oxygens (including phenoxy) is 2. The van der Waals surface area contributed by atoms with Crippen LogP contribution in [0.3, 0.4) is 0 Å². The Morgan fingerprint density at radius 2 is 2.12 bits per heavy atom. The van der Waals surface area contributed by atoms with Gasteiger partial charge in [-0.25, -0.2) is 0 Å². The number of hydrogen-bond donors (Lipinski definition) is 1. The van der Waals surface area contributed by atoms with Crippen LogP contribution in [0.25, 0.3) is 0 Å². The van der Waals surface area contributed by atoms with E-state index in [1.165, 1.54) is 12.8 Å². The second-order valence-corrected chi connectivity index (χ2v) is 6.34. The van der Waals surface area contributed by atoms with Crippen LogP contribution in [0.4, 0.5) is 0 Å². The predicted octanol–water partition coefficient (Wildman–Crippen LogP) is 3.59. The highest BCUT2D eigenvalue weighted by molar-refractivity contribution is 5.95. The van der Waals surface area contributed by atoms with Crippen molar-refractivity contribution in [3.63, 3.8) is 0 Å². The second kappa shape index (κ2) is 8.01. The Kier molecular flexibility index (Phi) is 5.53. The molecule has 1 saturated carbocycles. The Hall–Kier alpha value is -2.56. The van der Waals surface area contributed by atoms with Crippen LogP contribution in [0.15, 0.2) is 42.7 Å². The van der Waals surface area contributed by atoms with Gasteiger partial charge in [-0.2, -0.15) is 0 Å². The lowest BCUT2D eigenvalue weighted by Crippen LogP contribution is -2.33. The van der Waals surface area contributed by atoms with E-state index in [9.17, 15) is 4.79 Å². The summed E-state index contributed by atoms with van der Waals surface area (Å²) in [6, 6.07) is 9.35. The van der Waals surface area contributed by atoms with Gasteiger partial charge in [-0.05, 0) is 56.9 Å². The van der Waals surface area contributed by atoms with Gasteiger partial charge in [0.25, 0.3) is 5.91 Å². The second-order valence-electron chi connectivity index (χ2n) is 6.34. The molecule has 5 heteroatoms. The van der Waals surface area contributed by atoms with Crippen molar-refractivity contribution < 1.29 is 14.3 Å². The average Bonchev–Trinajstić information content (AvgIpc) is 3.47. The minimum Gasteiger partial charge on any atom is -0.490 e. The molecule has 5 nitrogen and oxygen atoms in total. The summed E-state index contributed by atoms with van der Waals surface area (Å²) < 4.78 is 11.5. The van der Waals surface area contributed by atoms with E-state index < -0.39 is 0 Å². The molecule has 1 aliphatic carbocycles. The van der Waals surface area contributed by atoms with Gasteiger partial charge >= 0.3 is 0 Å². The van der Waals surface area contributed by atoms with E-state index >= 15 is 0 Å². The standard InChI is InChI=1S/C20H24N2O3/c1-3-24-19-11-17(20(23)22-14(2)16-6-7-16)8-9-18(19)25-13-15-5-4-10-21-12-15/h4-5,8-12,14,16H,3,6-7,13H2,1-2H3,(H,22,23). The first-order valence-corrected chi connectivity index (χ1v) is 8.76. The third kappa shape index (κ3) is 4.72. The van der Waals surface area contributed by atoms with Crippen molar-refractivity contribution in [1.29, 1.82) is 0 Å². The largest absolute Gasteiger partial charge is 0.490 e. The van der Waals surface area contributed by atoms with Crippen molar-refractivity contribution in [1.82, 2.24) is 10.3 Å². The monoisotopic (exact) mass is 340 g/mol. The molecule has 0 spiro atoms. The molecule has 0 radical (unpaired) electrons. The molecule has 1 unspecified atom stereocenters. The summed E-state index contributed by atoms with van der Waals surface area (Å²) in [4.78, 5) is 16.5. The lowest BCUT2D eigenvalue weighted by Gasteiger charge is -2.15. The number of hydrogen-bond acceptors (Lipinski definition) is 4. The lowest BCUT2D eigenvalue weighted by molar-refractivity contribution is 0.0935. The Bertz CT molecular complexity index is 714. The molecular formula is C20H24N2O3. The molecule has 1 aromatic carbocycles. The van der Waals surface area contributed by atoms with Crippen LogP contribution in [0, 0.1) is 5.92 Å². The van der Waals surface area contributed by atoms with E-state index in [-0.39, 0.29) is 11.9 Å². The minimum absolute atomic E-state index is 0.0702. The van der Waals surface area contributed by atoms with Crippen LogP contribution in [-0.4, -0.2) is 23.5 Å². The lowest BCUT2D eigenvalue weighted by atomic mass is 10.1. The zero-order valence-corrected chi connectivity index (χ0v) is 14.7. The van der Waals surface area contributed by atoms with Crippen LogP contribution < -0.4 is 14.8 Å². The molecule has 0 bridgehead atoms. The van der Waals surface area contributed by atoms with Gasteiger partial charge in [0.2, 0.25) is 0 Å². The number of carbonyl (C=O) groups excluding carboxylic acids is 1. The smallest absolute Gasteiger partial charge is 0.251 e. The molecule has 3 rings (SSSR count). The summed E-state index contributed by atoms with van der Waals surface area (Å²) >= 11 is 0. The first-order chi connectivity index (χ1) is 12.2. The fourth-order valence-electron chi connectivity index (χ4n) is 2.69. The van der Waals surface area contributed by atoms with Gasteiger partial charge in [0, 0.05) is 29.6 Å². The number of carbonyl (C=O) groups is 1. The van der Waals surface area contributed by atoms with E-state index in [1.54, 1.807) is 30.6 Å². The van der Waals surface area contributed by atoms with Gasteiger partial charge in [0.1, 0.15) is 6.61 Å². The van der Waals surface area contributed by atoms with Crippen molar-refractivity contribution in [3.8, 4) is 11.5 Å². The molecule has 1 aliphatic rings. The van der Waals surface area contributed by atoms with E-state index in [2.05, 4.69) is 17.2 Å². The summed E-state index contributed by atoms with van der Waals surface area (Å²) in [5, 5.41) is 3.06. The topological polar surface area (TPSA) is 60.5 Å². The SMILES string of the molecule is CCOc1cc(C(=O)NC(C)C2CC2)ccc1OCc1cccnc1. The van der Waals surface area contributed by atoms with Crippen molar-refractivity contribution in [2.75, 3.05) is 6.61 Å². The Balaban J connectivity index is 1.69. The van der Waals surface area contributed by atoms with Gasteiger partial charge in [0.05, 0.1) is 6.61 Å². The maximum Gasteiger partial charge on any atom is 0.251 e. The van der Waals surface area contributed by atoms with Crippen LogP contribution >= 0.6 is 0 Å². The van der Waals surface area contributed by atoms with E-state index in [4.69, 9.17) is 9.47 Å².